The summed E-state index contributed by atoms with van der Waals surface area (Å²) >= 11 is 0. The summed E-state index contributed by atoms with van der Waals surface area (Å²) in [7, 11) is 0. The molecule has 1 atom stereocenters. The number of carbonyl (C=O) groups excluding carboxylic acids is 2. The third kappa shape index (κ3) is 5.28. The third-order valence-electron chi connectivity index (χ3n) is 5.80. The summed E-state index contributed by atoms with van der Waals surface area (Å²) in [4.78, 5) is 35.2. The average Bonchev–Trinajstić information content (AvgIpc) is 3.43. The molecule has 34 heavy (non-hydrogen) atoms. The summed E-state index contributed by atoms with van der Waals surface area (Å²) in [5.41, 5.74) is 4.63. The van der Waals surface area contributed by atoms with Gasteiger partial charge in [-0.25, -0.2) is 9.59 Å². The predicted molar refractivity (Wildman–Crippen MR) is 124 cm³/mol. The first-order chi connectivity index (χ1) is 16.4. The number of ether oxygens (including phenoxy) is 1. The lowest BCUT2D eigenvalue weighted by Crippen LogP contribution is -2.32. The lowest BCUT2D eigenvalue weighted by atomic mass is 9.98. The van der Waals surface area contributed by atoms with Gasteiger partial charge in [0.1, 0.15) is 12.4 Å². The van der Waals surface area contributed by atoms with Gasteiger partial charge in [-0.05, 0) is 40.3 Å². The van der Waals surface area contributed by atoms with Gasteiger partial charge in [0, 0.05) is 18.9 Å². The van der Waals surface area contributed by atoms with Gasteiger partial charge >= 0.3 is 12.1 Å². The van der Waals surface area contributed by atoms with Crippen molar-refractivity contribution in [2.45, 2.75) is 25.8 Å². The van der Waals surface area contributed by atoms with Crippen molar-refractivity contribution in [3.8, 4) is 11.1 Å². The highest BCUT2D eigenvalue weighted by Crippen LogP contribution is 2.44. The number of carbonyl (C=O) groups is 3. The molecule has 8 heteroatoms. The fraction of sp³-hybridized carbons (Fsp3) is 0.269. The maximum atomic E-state index is 12.3. The zero-order valence-electron chi connectivity index (χ0n) is 18.7. The molecule has 8 nitrogen and oxygen atoms in total. The Labute approximate surface area is 196 Å². The Morgan fingerprint density at radius 2 is 1.62 bits per heavy atom. The molecule has 0 aliphatic heterocycles. The van der Waals surface area contributed by atoms with Crippen LogP contribution in [-0.4, -0.2) is 36.2 Å². The number of carboxylic acids is 1. The van der Waals surface area contributed by atoms with E-state index in [0.29, 0.717) is 5.76 Å². The molecule has 0 saturated heterocycles. The Morgan fingerprint density at radius 3 is 2.24 bits per heavy atom. The molecule has 1 aliphatic carbocycles. The smallest absolute Gasteiger partial charge is 0.407 e. The van der Waals surface area contributed by atoms with E-state index in [1.807, 2.05) is 31.2 Å². The van der Waals surface area contributed by atoms with E-state index in [4.69, 9.17) is 14.3 Å². The van der Waals surface area contributed by atoms with Crippen molar-refractivity contribution < 1.29 is 28.6 Å². The maximum Gasteiger partial charge on any atom is 0.407 e. The zero-order valence-corrected chi connectivity index (χ0v) is 18.7. The molecule has 176 valence electrons. The second kappa shape index (κ2) is 10.2. The second-order valence-corrected chi connectivity index (χ2v) is 8.36. The van der Waals surface area contributed by atoms with Gasteiger partial charge in [-0.15, -0.1) is 0 Å². The first-order valence-electron chi connectivity index (χ1n) is 11.1. The summed E-state index contributed by atoms with van der Waals surface area (Å²) < 4.78 is 10.6. The van der Waals surface area contributed by atoms with Crippen LogP contribution in [0.4, 0.5) is 4.79 Å². The highest BCUT2D eigenvalue weighted by molar-refractivity contribution is 5.84. The van der Waals surface area contributed by atoms with Crippen molar-refractivity contribution in [3.63, 3.8) is 0 Å². The second-order valence-electron chi connectivity index (χ2n) is 8.36. The van der Waals surface area contributed by atoms with Crippen molar-refractivity contribution >= 4 is 18.0 Å². The van der Waals surface area contributed by atoms with Crippen LogP contribution in [0.3, 0.4) is 0 Å². The maximum absolute atomic E-state index is 12.3. The molecule has 1 aromatic heterocycles. The standard InChI is InChI=1S/C26H26N2O6/c1-16(12-24(29)27-14-17-10-11-23(34-17)25(30)31)13-28-26(32)33-15-22-20-8-4-2-6-18(20)19-7-3-5-9-21(19)22/h2-11,16,22H,12-15H2,1H3,(H,27,29)(H,28,32)(H,30,31). The Bertz CT molecular complexity index is 1160. The van der Waals surface area contributed by atoms with Crippen molar-refractivity contribution in [2.24, 2.45) is 5.92 Å². The fourth-order valence-electron chi connectivity index (χ4n) is 4.14. The molecule has 2 aromatic carbocycles. The topological polar surface area (TPSA) is 118 Å². The van der Waals surface area contributed by atoms with E-state index >= 15 is 0 Å². The van der Waals surface area contributed by atoms with Gasteiger partial charge in [-0.2, -0.15) is 0 Å². The SMILES string of the molecule is CC(CNC(=O)OCC1c2ccccc2-c2ccccc21)CC(=O)NCc1ccc(C(=O)O)o1. The number of hydrogen-bond acceptors (Lipinski definition) is 5. The van der Waals surface area contributed by atoms with E-state index in [1.165, 1.54) is 23.3 Å². The molecule has 1 heterocycles. The third-order valence-corrected chi connectivity index (χ3v) is 5.80. The average molecular weight is 463 g/mol. The summed E-state index contributed by atoms with van der Waals surface area (Å²) in [5.74, 6) is -1.34. The number of aromatic carboxylic acids is 1. The van der Waals surface area contributed by atoms with Crippen molar-refractivity contribution in [2.75, 3.05) is 13.2 Å². The quantitative estimate of drug-likeness (QED) is 0.440. The lowest BCUT2D eigenvalue weighted by Gasteiger charge is -2.16. The van der Waals surface area contributed by atoms with Gasteiger partial charge in [-0.3, -0.25) is 4.79 Å². The highest BCUT2D eigenvalue weighted by Gasteiger charge is 2.29. The van der Waals surface area contributed by atoms with E-state index in [2.05, 4.69) is 34.9 Å². The summed E-state index contributed by atoms with van der Waals surface area (Å²) in [6.07, 6.45) is -0.332. The Balaban J connectivity index is 1.20. The minimum absolute atomic E-state index is 0.00963. The molecule has 4 rings (SSSR count). The number of hydrogen-bond donors (Lipinski definition) is 3. The summed E-state index contributed by atoms with van der Waals surface area (Å²) in [6.45, 7) is 2.46. The Hall–Kier alpha value is -4.07. The van der Waals surface area contributed by atoms with E-state index in [0.717, 1.165) is 11.1 Å². The van der Waals surface area contributed by atoms with Crippen LogP contribution in [0.1, 0.15) is 46.7 Å². The van der Waals surface area contributed by atoms with Crippen LogP contribution in [-0.2, 0) is 16.1 Å². The van der Waals surface area contributed by atoms with E-state index in [9.17, 15) is 14.4 Å². The van der Waals surface area contributed by atoms with Crippen LogP contribution < -0.4 is 10.6 Å². The fourth-order valence-corrected chi connectivity index (χ4v) is 4.14. The molecule has 3 aromatic rings. The minimum Gasteiger partial charge on any atom is -0.475 e. The van der Waals surface area contributed by atoms with Crippen molar-refractivity contribution in [1.82, 2.24) is 10.6 Å². The molecule has 2 amide bonds. The lowest BCUT2D eigenvalue weighted by molar-refractivity contribution is -0.122. The number of carboxylic acid groups (broad SMARTS) is 1. The molecular formula is C26H26N2O6. The summed E-state index contributed by atoms with van der Waals surface area (Å²) in [5, 5.41) is 14.3. The molecule has 0 radical (unpaired) electrons. The van der Waals surface area contributed by atoms with Gasteiger partial charge in [0.15, 0.2) is 0 Å². The van der Waals surface area contributed by atoms with E-state index in [-0.39, 0.29) is 49.6 Å². The number of rotatable bonds is 9. The van der Waals surface area contributed by atoms with Crippen LogP contribution in [0.15, 0.2) is 65.1 Å². The van der Waals surface area contributed by atoms with Crippen LogP contribution >= 0.6 is 0 Å². The molecular weight excluding hydrogens is 436 g/mol. The molecule has 0 bridgehead atoms. The van der Waals surface area contributed by atoms with Gasteiger partial charge in [0.25, 0.3) is 0 Å². The van der Waals surface area contributed by atoms with Crippen LogP contribution in [0, 0.1) is 5.92 Å². The Kier molecular flexibility index (Phi) is 6.96. The molecule has 3 N–H and O–H groups in total. The first kappa shape index (κ1) is 23.1. The number of furan rings is 1. The van der Waals surface area contributed by atoms with Gasteiger partial charge < -0.3 is 24.9 Å². The zero-order chi connectivity index (χ0) is 24.1. The minimum atomic E-state index is -1.16. The number of fused-ring (bicyclic) bond motifs is 3. The highest BCUT2D eigenvalue weighted by atomic mass is 16.5. The van der Waals surface area contributed by atoms with Gasteiger partial charge in [0.2, 0.25) is 11.7 Å². The number of benzene rings is 2. The number of amides is 2. The van der Waals surface area contributed by atoms with Crippen LogP contribution in [0.5, 0.6) is 0 Å². The monoisotopic (exact) mass is 462 g/mol. The molecule has 0 saturated carbocycles. The van der Waals surface area contributed by atoms with Crippen molar-refractivity contribution in [1.29, 1.82) is 0 Å². The van der Waals surface area contributed by atoms with Gasteiger partial charge in [0.05, 0.1) is 6.54 Å². The van der Waals surface area contributed by atoms with E-state index in [1.54, 1.807) is 0 Å². The Morgan fingerprint density at radius 1 is 0.971 bits per heavy atom. The normalized spacial score (nSPS) is 13.0. The largest absolute Gasteiger partial charge is 0.475 e. The first-order valence-corrected chi connectivity index (χ1v) is 11.1. The number of alkyl carbamates (subject to hydrolysis) is 1. The van der Waals surface area contributed by atoms with Crippen molar-refractivity contribution in [3.05, 3.63) is 83.3 Å². The molecule has 0 spiro atoms. The van der Waals surface area contributed by atoms with Crippen LogP contribution in [0.25, 0.3) is 11.1 Å². The van der Waals surface area contributed by atoms with Crippen LogP contribution in [0.2, 0.25) is 0 Å². The number of nitrogens with one attached hydrogen (secondary N) is 2. The summed E-state index contributed by atoms with van der Waals surface area (Å²) in [6, 6.07) is 19.1. The predicted octanol–water partition coefficient (Wildman–Crippen LogP) is 4.16. The molecule has 0 fully saturated rings. The van der Waals surface area contributed by atoms with Gasteiger partial charge in [-0.1, -0.05) is 55.5 Å². The van der Waals surface area contributed by atoms with E-state index < -0.39 is 12.1 Å². The molecule has 1 unspecified atom stereocenters. The molecule has 1 aliphatic rings.